The lowest BCUT2D eigenvalue weighted by atomic mass is 9.73. The standard InChI is InChI=1S/C43H65FN6O10/c1-12-32-43(8)35(50(40(55)60-43)19-14-13-18-49-23-30(46-47-49)28-16-15-17-29(45)21-28)26(4)33(51)24(2)22-41(6,56-11)37(27(5)36(53)42(7,44)39(54)58-32)59-38-34(52)31(48(9)10)20-25(3)57-38/h15-17,21,23-27,31-32,34-35,37-38,52H,12-14,18-20,22,45H2,1-11H3/t24-,25+,26-,27-,31-,32-,34-,35+,37-,38-,41+,42+,43+/m0/s1. The Hall–Kier alpha value is -4.03. The third kappa shape index (κ3) is 9.39. The van der Waals surface area contributed by atoms with Gasteiger partial charge >= 0.3 is 12.1 Å². The van der Waals surface area contributed by atoms with Gasteiger partial charge in [-0.15, -0.1) is 5.10 Å². The quantitative estimate of drug-likeness (QED) is 0.138. The topological polar surface area (TPSA) is 198 Å². The first-order valence-corrected chi connectivity index (χ1v) is 21.0. The van der Waals surface area contributed by atoms with Crippen LogP contribution < -0.4 is 5.73 Å². The highest BCUT2D eigenvalue weighted by Gasteiger charge is 2.61. The van der Waals surface area contributed by atoms with Crippen LogP contribution in [0.25, 0.3) is 11.3 Å². The molecule has 0 radical (unpaired) electrons. The second-order valence-corrected chi connectivity index (χ2v) is 17.8. The molecule has 3 saturated heterocycles. The smallest absolute Gasteiger partial charge is 0.410 e. The zero-order valence-corrected chi connectivity index (χ0v) is 36.9. The monoisotopic (exact) mass is 844 g/mol. The number of amides is 1. The number of aliphatic hydroxyl groups is 1. The molecular weight excluding hydrogens is 780 g/mol. The SMILES string of the molecule is CC[C@@H]1OC(=O)[C@](C)(F)C(=O)[C@H](C)[C@H](O[C@@H]2O[C@H](C)C[C@H](N(C)C)[C@@H]2O)[C@](C)(OC)C[C@H](C)C(=O)[C@H](C)[C@H]2N(CCCCn3cc(-c4cccc(N)c4)nn3)C(=O)O[C@]12C. The van der Waals surface area contributed by atoms with E-state index in [4.69, 9.17) is 29.4 Å². The van der Waals surface area contributed by atoms with Gasteiger partial charge < -0.3 is 44.3 Å². The zero-order valence-electron chi connectivity index (χ0n) is 36.9. The van der Waals surface area contributed by atoms with E-state index in [-0.39, 0.29) is 37.3 Å². The number of hydrogen-bond donors (Lipinski definition) is 2. The number of ether oxygens (including phenoxy) is 5. The number of aromatic nitrogens is 3. The van der Waals surface area contributed by atoms with E-state index < -0.39 is 83.1 Å². The third-order valence-electron chi connectivity index (χ3n) is 12.9. The number of methoxy groups -OCH3 is 1. The number of aliphatic hydroxyl groups excluding tert-OH is 1. The van der Waals surface area contributed by atoms with Crippen molar-refractivity contribution in [1.82, 2.24) is 24.8 Å². The maximum Gasteiger partial charge on any atom is 0.410 e. The average Bonchev–Trinajstić information content (AvgIpc) is 3.78. The summed E-state index contributed by atoms with van der Waals surface area (Å²) in [4.78, 5) is 60.1. The summed E-state index contributed by atoms with van der Waals surface area (Å²) in [7, 11) is 5.04. The summed E-state index contributed by atoms with van der Waals surface area (Å²) < 4.78 is 49.2. The lowest BCUT2D eigenvalue weighted by Crippen LogP contribution is -2.61. The third-order valence-corrected chi connectivity index (χ3v) is 12.9. The first-order chi connectivity index (χ1) is 28.1. The Labute approximate surface area is 352 Å². The van der Waals surface area contributed by atoms with Crippen LogP contribution in [-0.2, 0) is 44.6 Å². The predicted molar refractivity (Wildman–Crippen MR) is 219 cm³/mol. The van der Waals surface area contributed by atoms with Crippen LogP contribution in [0.4, 0.5) is 14.9 Å². The highest BCUT2D eigenvalue weighted by Crippen LogP contribution is 2.44. The number of rotatable bonds is 11. The molecule has 3 N–H and O–H groups in total. The molecule has 0 saturated carbocycles. The summed E-state index contributed by atoms with van der Waals surface area (Å²) >= 11 is 0. The molecule has 13 atom stereocenters. The maximum absolute atomic E-state index is 16.9. The number of fused-ring (bicyclic) bond motifs is 1. The van der Waals surface area contributed by atoms with Crippen molar-refractivity contribution >= 4 is 29.3 Å². The van der Waals surface area contributed by atoms with Gasteiger partial charge in [0.1, 0.15) is 23.7 Å². The first-order valence-electron chi connectivity index (χ1n) is 21.0. The van der Waals surface area contributed by atoms with E-state index >= 15 is 4.39 Å². The van der Waals surface area contributed by atoms with Crippen LogP contribution in [0.2, 0.25) is 0 Å². The van der Waals surface area contributed by atoms with Crippen molar-refractivity contribution in [3.63, 3.8) is 0 Å². The van der Waals surface area contributed by atoms with Gasteiger partial charge in [0.05, 0.1) is 30.0 Å². The minimum atomic E-state index is -3.19. The average molecular weight is 845 g/mol. The number of nitrogens with zero attached hydrogens (tertiary/aromatic N) is 5. The van der Waals surface area contributed by atoms with E-state index in [2.05, 4.69) is 10.3 Å². The number of aryl methyl sites for hydroxylation is 1. The predicted octanol–water partition coefficient (Wildman–Crippen LogP) is 4.60. The lowest BCUT2D eigenvalue weighted by Gasteiger charge is -2.47. The highest BCUT2D eigenvalue weighted by molar-refractivity contribution is 6.08. The van der Waals surface area contributed by atoms with E-state index in [1.165, 1.54) is 18.9 Å². The Balaban J connectivity index is 1.45. The fourth-order valence-electron chi connectivity index (χ4n) is 9.51. The Morgan fingerprint density at radius 1 is 1.05 bits per heavy atom. The molecule has 60 heavy (non-hydrogen) atoms. The van der Waals surface area contributed by atoms with Crippen LogP contribution in [0, 0.1) is 17.8 Å². The molecule has 1 aromatic carbocycles. The van der Waals surface area contributed by atoms with Crippen molar-refractivity contribution in [3.05, 3.63) is 30.5 Å². The number of ketones is 2. The second kappa shape index (κ2) is 18.5. The number of carbonyl (C=O) groups is 4. The lowest BCUT2D eigenvalue weighted by molar-refractivity contribution is -0.295. The van der Waals surface area contributed by atoms with Crippen LogP contribution in [-0.4, -0.2) is 141 Å². The van der Waals surface area contributed by atoms with Crippen LogP contribution in [0.1, 0.15) is 87.5 Å². The highest BCUT2D eigenvalue weighted by atomic mass is 19.1. The van der Waals surface area contributed by atoms with Gasteiger partial charge in [-0.05, 0) is 86.0 Å². The number of Topliss-reactive ketones (excluding diaryl/α,β-unsaturated/α-hetero) is 2. The van der Waals surface area contributed by atoms with Crippen molar-refractivity contribution in [2.75, 3.05) is 33.5 Å². The Morgan fingerprint density at radius 3 is 2.37 bits per heavy atom. The van der Waals surface area contributed by atoms with Crippen molar-refractivity contribution in [2.45, 2.75) is 154 Å². The number of halogens is 1. The second-order valence-electron chi connectivity index (χ2n) is 17.8. The largest absolute Gasteiger partial charge is 0.455 e. The molecule has 3 aliphatic heterocycles. The van der Waals surface area contributed by atoms with Crippen LogP contribution in [0.15, 0.2) is 30.5 Å². The molecule has 0 bridgehead atoms. The van der Waals surface area contributed by atoms with Gasteiger partial charge in [0.15, 0.2) is 17.7 Å². The molecule has 334 valence electrons. The summed E-state index contributed by atoms with van der Waals surface area (Å²) in [5, 5.41) is 19.9. The molecule has 17 heteroatoms. The molecule has 4 heterocycles. The van der Waals surface area contributed by atoms with E-state index in [1.807, 2.05) is 50.3 Å². The Morgan fingerprint density at radius 2 is 1.73 bits per heavy atom. The number of likely N-dealkylation sites (N-methyl/N-ethyl adjacent to an activating group) is 1. The van der Waals surface area contributed by atoms with E-state index in [9.17, 15) is 24.3 Å². The number of nitrogen functional groups attached to an aromatic ring is 1. The van der Waals surface area contributed by atoms with Gasteiger partial charge in [-0.25, -0.2) is 14.0 Å². The number of unbranched alkanes of at least 4 members (excludes halogenated alkanes) is 1. The van der Waals surface area contributed by atoms with E-state index in [0.717, 1.165) is 12.5 Å². The van der Waals surface area contributed by atoms with E-state index in [1.54, 1.807) is 45.4 Å². The molecule has 5 rings (SSSR count). The van der Waals surface area contributed by atoms with Gasteiger partial charge in [-0.1, -0.05) is 45.0 Å². The number of benzene rings is 1. The molecule has 1 aromatic heterocycles. The number of carbonyl (C=O) groups excluding carboxylic acids is 4. The van der Waals surface area contributed by atoms with Crippen LogP contribution >= 0.6 is 0 Å². The Bertz CT molecular complexity index is 1860. The summed E-state index contributed by atoms with van der Waals surface area (Å²) in [6, 6.07) is 6.02. The molecule has 1 amide bonds. The Kier molecular flexibility index (Phi) is 14.5. The number of nitrogens with two attached hydrogens (primary N) is 1. The number of cyclic esters (lactones) is 1. The molecule has 0 spiro atoms. The minimum absolute atomic E-state index is 0.0111. The van der Waals surface area contributed by atoms with Crippen molar-refractivity contribution in [2.24, 2.45) is 17.8 Å². The first kappa shape index (κ1) is 47.0. The van der Waals surface area contributed by atoms with Crippen molar-refractivity contribution in [3.8, 4) is 11.3 Å². The molecule has 3 aliphatic rings. The van der Waals surface area contributed by atoms with Crippen LogP contribution in [0.5, 0.6) is 0 Å². The number of esters is 1. The fourth-order valence-corrected chi connectivity index (χ4v) is 9.51. The summed E-state index contributed by atoms with van der Waals surface area (Å²) in [5.74, 6) is -5.85. The zero-order chi connectivity index (χ0) is 44.5. The number of anilines is 1. The van der Waals surface area contributed by atoms with Gasteiger partial charge in [0, 0.05) is 55.2 Å². The summed E-state index contributed by atoms with van der Waals surface area (Å²) in [6.07, 6.45) is -2.57. The van der Waals surface area contributed by atoms with Gasteiger partial charge in [0.2, 0.25) is 0 Å². The molecule has 16 nitrogen and oxygen atoms in total. The minimum Gasteiger partial charge on any atom is -0.455 e. The summed E-state index contributed by atoms with van der Waals surface area (Å²) in [6.45, 7) is 13.1. The van der Waals surface area contributed by atoms with Crippen molar-refractivity contribution in [1.29, 1.82) is 0 Å². The summed E-state index contributed by atoms with van der Waals surface area (Å²) in [5.41, 5.74) is 1.80. The fraction of sp³-hybridized carbons (Fsp3) is 0.721. The number of hydrogen-bond acceptors (Lipinski definition) is 14. The van der Waals surface area contributed by atoms with Gasteiger partial charge in [-0.2, -0.15) is 0 Å². The maximum atomic E-state index is 16.9. The van der Waals surface area contributed by atoms with Gasteiger partial charge in [0.25, 0.3) is 5.67 Å². The number of alkyl halides is 1. The molecule has 0 unspecified atom stereocenters. The van der Waals surface area contributed by atoms with Crippen molar-refractivity contribution < 1.29 is 52.4 Å². The van der Waals surface area contributed by atoms with E-state index in [0.29, 0.717) is 37.2 Å². The molecule has 0 aliphatic carbocycles. The van der Waals surface area contributed by atoms with Gasteiger partial charge in [-0.3, -0.25) is 14.3 Å². The van der Waals surface area contributed by atoms with Crippen LogP contribution in [0.3, 0.4) is 0 Å². The normalized spacial score (nSPS) is 37.1. The molecule has 2 aromatic rings. The molecule has 3 fully saturated rings. The molecular formula is C43H65FN6O10.